The molecule has 0 radical (unpaired) electrons. The number of ether oxygens (including phenoxy) is 12. The molecular formula is C46H56O21. The molecule has 11 fully saturated rings. The van der Waals surface area contributed by atoms with Crippen LogP contribution in [0.5, 0.6) is 0 Å². The van der Waals surface area contributed by atoms with Crippen molar-refractivity contribution in [2.45, 2.75) is 128 Å². The molecule has 21 heteroatoms. The van der Waals surface area contributed by atoms with Crippen LogP contribution < -0.4 is 0 Å². The highest BCUT2D eigenvalue weighted by molar-refractivity contribution is 5.87. The Morgan fingerprint density at radius 2 is 1.09 bits per heavy atom. The molecule has 5 saturated heterocycles. The van der Waals surface area contributed by atoms with Crippen LogP contribution in [0.2, 0.25) is 0 Å². The molecule has 0 amide bonds. The normalized spacial score (nSPS) is 34.6. The van der Waals surface area contributed by atoms with Crippen molar-refractivity contribution in [2.24, 2.45) is 47.3 Å². The lowest BCUT2D eigenvalue weighted by atomic mass is 9.65. The summed E-state index contributed by atoms with van der Waals surface area (Å²) in [5.74, 6) is -1.61. The Kier molecular flexibility index (Phi) is 14.8. The Balaban J connectivity index is 0.000000149. The molecule has 6 aliphatic carbocycles. The van der Waals surface area contributed by atoms with E-state index >= 15 is 0 Å². The topological polar surface area (TPSA) is 264 Å². The summed E-state index contributed by atoms with van der Waals surface area (Å²) in [5.41, 5.74) is -0.0662. The molecule has 11 rings (SSSR count). The van der Waals surface area contributed by atoms with Gasteiger partial charge in [-0.05, 0) is 90.4 Å². The van der Waals surface area contributed by atoms with Crippen LogP contribution in [0.15, 0.2) is 36.5 Å². The molecule has 14 unspecified atom stereocenters. The van der Waals surface area contributed by atoms with Crippen molar-refractivity contribution >= 4 is 54.3 Å². The fourth-order valence-electron chi connectivity index (χ4n) is 11.3. The number of fused-ring (bicyclic) bond motifs is 3. The van der Waals surface area contributed by atoms with E-state index in [2.05, 4.69) is 33.9 Å². The Morgan fingerprint density at radius 3 is 1.70 bits per heavy atom. The first-order valence-corrected chi connectivity index (χ1v) is 22.4. The average Bonchev–Trinajstić information content (AvgIpc) is 3.81. The van der Waals surface area contributed by atoms with E-state index in [4.69, 9.17) is 42.6 Å². The van der Waals surface area contributed by atoms with Crippen LogP contribution in [0.25, 0.3) is 0 Å². The molecule has 366 valence electrons. The molecule has 14 atom stereocenters. The summed E-state index contributed by atoms with van der Waals surface area (Å²) >= 11 is 0. The second-order valence-electron chi connectivity index (χ2n) is 19.0. The van der Waals surface area contributed by atoms with Crippen molar-refractivity contribution in [3.63, 3.8) is 0 Å². The number of carbonyl (C=O) groups is 9. The number of esters is 6. The smallest absolute Gasteiger partial charge is 0.462 e. The van der Waals surface area contributed by atoms with E-state index in [0.29, 0.717) is 37.5 Å². The van der Waals surface area contributed by atoms with Crippen molar-refractivity contribution in [1.82, 2.24) is 0 Å². The third-order valence-corrected chi connectivity index (χ3v) is 13.9. The number of hydrogen-bond donors (Lipinski definition) is 0. The highest BCUT2D eigenvalue weighted by atomic mass is 16.8. The molecule has 5 aliphatic heterocycles. The SMILES string of the molecule is C=C(C)C(=O)OCOC(=O)OC12CC3CC(C1)OC(=O)C(C3)C2.C=C(C)C(=O)OCOC(=O)OC1C2CC3C(=O)OC1C3C2.C=C(C)C(=O)OCOC(=O)OC1C2CC3CC(C2)C(=O)OC1C3. The van der Waals surface area contributed by atoms with Gasteiger partial charge in [-0.3, -0.25) is 14.4 Å². The summed E-state index contributed by atoms with van der Waals surface area (Å²) in [6.45, 7) is 13.1. The van der Waals surface area contributed by atoms with Gasteiger partial charge in [-0.2, -0.15) is 0 Å². The maximum absolute atomic E-state index is 11.9. The Bertz CT molecular complexity index is 2060. The largest absolute Gasteiger partial charge is 0.511 e. The first kappa shape index (κ1) is 48.8. The number of hydrogen-bond acceptors (Lipinski definition) is 21. The predicted octanol–water partition coefficient (Wildman–Crippen LogP) is 5.20. The summed E-state index contributed by atoms with van der Waals surface area (Å²) in [6.07, 6.45) is 3.45. The van der Waals surface area contributed by atoms with E-state index < -0.39 is 80.7 Å². The predicted molar refractivity (Wildman–Crippen MR) is 219 cm³/mol. The van der Waals surface area contributed by atoms with E-state index in [-0.39, 0.29) is 82.3 Å². The van der Waals surface area contributed by atoms with Gasteiger partial charge in [-0.1, -0.05) is 19.7 Å². The standard InChI is InChI=1S/2C16H20O7.C14H16O7/c1-9(2)13(17)20-8-21-15(19)23-16-5-10-3-11(6-16)14(18)22-12(4-10)7-16;1-8(2)14(17)20-7-21-16(19)23-13-10-3-9-4-11(6-10)15(18)22-12(13)5-9;1-6(2)12(15)18-5-19-14(17)21-10-7-3-8-9(4-7)13(16)20-11(8)10/h10-12H,1,3-8H2,2H3;9-13H,1,3-7H2,2H3;7-11H,1,3-5H2,2H3. The van der Waals surface area contributed by atoms with Crippen molar-refractivity contribution in [2.75, 3.05) is 20.4 Å². The lowest BCUT2D eigenvalue weighted by molar-refractivity contribution is -0.160. The van der Waals surface area contributed by atoms with Gasteiger partial charge >= 0.3 is 54.3 Å². The summed E-state index contributed by atoms with van der Waals surface area (Å²) < 4.78 is 60.5. The van der Waals surface area contributed by atoms with E-state index in [1.54, 1.807) is 0 Å². The fourth-order valence-corrected chi connectivity index (χ4v) is 11.3. The molecule has 0 aromatic heterocycles. The third kappa shape index (κ3) is 11.5. The maximum atomic E-state index is 11.9. The van der Waals surface area contributed by atoms with Crippen molar-refractivity contribution in [1.29, 1.82) is 0 Å². The fraction of sp³-hybridized carbons (Fsp3) is 0.674. The lowest BCUT2D eigenvalue weighted by Crippen LogP contribution is -2.48. The molecule has 11 aliphatic rings. The van der Waals surface area contributed by atoms with Crippen LogP contribution in [0.1, 0.15) is 91.4 Å². The van der Waals surface area contributed by atoms with Gasteiger partial charge in [0.25, 0.3) is 0 Å². The quantitative estimate of drug-likeness (QED) is 0.105. The van der Waals surface area contributed by atoms with E-state index in [0.717, 1.165) is 44.9 Å². The Labute approximate surface area is 385 Å². The molecular weight excluding hydrogens is 888 g/mol. The molecule has 10 bridgehead atoms. The first-order valence-electron chi connectivity index (χ1n) is 22.4. The Morgan fingerprint density at radius 1 is 0.537 bits per heavy atom. The van der Waals surface area contributed by atoms with Gasteiger partial charge in [0.15, 0.2) is 0 Å². The summed E-state index contributed by atoms with van der Waals surface area (Å²) in [6, 6.07) is 0. The van der Waals surface area contributed by atoms with Crippen LogP contribution in [0.4, 0.5) is 14.4 Å². The zero-order valence-electron chi connectivity index (χ0n) is 37.6. The minimum atomic E-state index is -0.929. The second-order valence-corrected chi connectivity index (χ2v) is 19.0. The van der Waals surface area contributed by atoms with Crippen LogP contribution in [0, 0.1) is 47.3 Å². The maximum Gasteiger partial charge on any atom is 0.511 e. The molecule has 0 aromatic carbocycles. The van der Waals surface area contributed by atoms with Gasteiger partial charge in [-0.25, -0.2) is 28.8 Å². The minimum absolute atomic E-state index is 0.0348. The molecule has 0 spiro atoms. The summed E-state index contributed by atoms with van der Waals surface area (Å²) in [7, 11) is 0. The van der Waals surface area contributed by atoms with Gasteiger partial charge in [0.05, 0.1) is 17.8 Å². The summed E-state index contributed by atoms with van der Waals surface area (Å²) in [4.78, 5) is 104. The van der Waals surface area contributed by atoms with Gasteiger partial charge < -0.3 is 56.8 Å². The lowest BCUT2D eigenvalue weighted by Gasteiger charge is -2.44. The highest BCUT2D eigenvalue weighted by Crippen LogP contribution is 2.56. The second kappa shape index (κ2) is 20.4. The molecule has 67 heavy (non-hydrogen) atoms. The van der Waals surface area contributed by atoms with Crippen LogP contribution >= 0.6 is 0 Å². The van der Waals surface area contributed by atoms with Crippen molar-refractivity contribution in [3.8, 4) is 0 Å². The van der Waals surface area contributed by atoms with Gasteiger partial charge in [0.1, 0.15) is 36.1 Å². The zero-order chi connectivity index (χ0) is 48.3. The zero-order valence-corrected chi connectivity index (χ0v) is 37.6. The van der Waals surface area contributed by atoms with Crippen LogP contribution in [-0.4, -0.2) is 111 Å². The van der Waals surface area contributed by atoms with Crippen molar-refractivity contribution < 1.29 is 100.0 Å². The Hall–Kier alpha value is -6.15. The third-order valence-electron chi connectivity index (χ3n) is 13.9. The number of carbonyl (C=O) groups excluding carboxylic acids is 9. The number of rotatable bonds is 12. The first-order chi connectivity index (χ1) is 31.8. The van der Waals surface area contributed by atoms with E-state index in [9.17, 15) is 43.2 Å². The van der Waals surface area contributed by atoms with Crippen molar-refractivity contribution in [3.05, 3.63) is 36.5 Å². The van der Waals surface area contributed by atoms with E-state index in [1.807, 2.05) is 0 Å². The van der Waals surface area contributed by atoms with E-state index in [1.165, 1.54) is 20.8 Å². The van der Waals surface area contributed by atoms with Crippen LogP contribution in [-0.2, 0) is 85.6 Å². The average molecular weight is 945 g/mol. The monoisotopic (exact) mass is 944 g/mol. The van der Waals surface area contributed by atoms with Gasteiger partial charge in [0.2, 0.25) is 20.4 Å². The molecule has 6 saturated carbocycles. The van der Waals surface area contributed by atoms with Gasteiger partial charge in [-0.15, -0.1) is 0 Å². The summed E-state index contributed by atoms with van der Waals surface area (Å²) in [5, 5.41) is 0. The highest BCUT2D eigenvalue weighted by Gasteiger charge is 2.63. The van der Waals surface area contributed by atoms with Crippen LogP contribution in [0.3, 0.4) is 0 Å². The minimum Gasteiger partial charge on any atom is -0.462 e. The molecule has 0 aromatic rings. The molecule has 0 N–H and O–H groups in total. The molecule has 21 nitrogen and oxygen atoms in total. The molecule has 5 heterocycles. The van der Waals surface area contributed by atoms with Gasteiger partial charge in [0, 0.05) is 47.3 Å².